The maximum atomic E-state index is 12.4. The van der Waals surface area contributed by atoms with E-state index >= 15 is 0 Å². The average Bonchev–Trinajstić information content (AvgIpc) is 3.25. The molecule has 2 heterocycles. The molecule has 1 aromatic carbocycles. The molecule has 0 bridgehead atoms. The lowest BCUT2D eigenvalue weighted by Crippen LogP contribution is -2.46. The maximum absolute atomic E-state index is 12.4. The largest absolute Gasteiger partial charge is 0.356 e. The van der Waals surface area contributed by atoms with Crippen LogP contribution in [-0.2, 0) is 20.9 Å². The quantitative estimate of drug-likeness (QED) is 0.722. The van der Waals surface area contributed by atoms with Crippen molar-refractivity contribution in [3.8, 4) is 0 Å². The fourth-order valence-corrected chi connectivity index (χ4v) is 3.38. The Balaban J connectivity index is 1.38. The van der Waals surface area contributed by atoms with Gasteiger partial charge >= 0.3 is 11.8 Å². The molecule has 2 aromatic rings. The summed E-state index contributed by atoms with van der Waals surface area (Å²) in [6.07, 6.45) is 5.06. The second-order valence-corrected chi connectivity index (χ2v) is 7.43. The number of para-hydroxylation sites is 1. The minimum absolute atomic E-state index is 0.00115. The van der Waals surface area contributed by atoms with E-state index in [4.69, 9.17) is 0 Å². The van der Waals surface area contributed by atoms with Gasteiger partial charge in [0.1, 0.15) is 0 Å². The molecular weight excluding hydrogens is 370 g/mol. The van der Waals surface area contributed by atoms with Gasteiger partial charge in [-0.3, -0.25) is 19.1 Å². The summed E-state index contributed by atoms with van der Waals surface area (Å²) in [5.41, 5.74) is 0.604. The van der Waals surface area contributed by atoms with Gasteiger partial charge in [-0.25, -0.2) is 0 Å². The molecule has 1 aliphatic heterocycles. The highest BCUT2D eigenvalue weighted by atomic mass is 16.2. The van der Waals surface area contributed by atoms with E-state index in [1.165, 1.54) is 0 Å². The number of piperidine rings is 1. The smallest absolute Gasteiger partial charge is 0.313 e. The van der Waals surface area contributed by atoms with Crippen LogP contribution in [0.25, 0.3) is 0 Å². The molecule has 1 saturated heterocycles. The number of hydrogen-bond acceptors (Lipinski definition) is 4. The minimum atomic E-state index is -0.615. The van der Waals surface area contributed by atoms with Crippen molar-refractivity contribution in [1.82, 2.24) is 20.0 Å². The second-order valence-electron chi connectivity index (χ2n) is 7.43. The molecule has 8 heteroatoms. The Labute approximate surface area is 170 Å². The third-order valence-electron chi connectivity index (χ3n) is 5.16. The van der Waals surface area contributed by atoms with E-state index in [2.05, 4.69) is 15.7 Å². The summed E-state index contributed by atoms with van der Waals surface area (Å²) in [4.78, 5) is 38.4. The molecule has 1 aromatic heterocycles. The van der Waals surface area contributed by atoms with Crippen LogP contribution in [0.4, 0.5) is 5.69 Å². The molecule has 0 radical (unpaired) electrons. The van der Waals surface area contributed by atoms with Gasteiger partial charge in [0.05, 0.1) is 12.5 Å². The highest BCUT2D eigenvalue weighted by Crippen LogP contribution is 2.17. The first-order chi connectivity index (χ1) is 14.0. The van der Waals surface area contributed by atoms with Crippen molar-refractivity contribution in [3.05, 3.63) is 48.8 Å². The first-order valence-electron chi connectivity index (χ1n) is 9.93. The molecule has 0 saturated carbocycles. The first-order valence-corrected chi connectivity index (χ1v) is 9.93. The molecule has 1 unspecified atom stereocenters. The van der Waals surface area contributed by atoms with Crippen LogP contribution in [0.3, 0.4) is 0 Å². The van der Waals surface area contributed by atoms with Crippen molar-refractivity contribution in [2.75, 3.05) is 25.0 Å². The monoisotopic (exact) mass is 397 g/mol. The van der Waals surface area contributed by atoms with Crippen molar-refractivity contribution in [2.45, 2.75) is 26.3 Å². The number of nitrogens with one attached hydrogen (secondary N) is 2. The predicted molar refractivity (Wildman–Crippen MR) is 109 cm³/mol. The molecule has 1 aliphatic rings. The zero-order valence-electron chi connectivity index (χ0n) is 16.6. The van der Waals surface area contributed by atoms with E-state index in [-0.39, 0.29) is 11.8 Å². The summed E-state index contributed by atoms with van der Waals surface area (Å²) < 4.78 is 1.74. The van der Waals surface area contributed by atoms with Crippen LogP contribution in [0.1, 0.15) is 19.8 Å². The van der Waals surface area contributed by atoms with Gasteiger partial charge < -0.3 is 15.5 Å². The van der Waals surface area contributed by atoms with Crippen molar-refractivity contribution in [1.29, 1.82) is 0 Å². The van der Waals surface area contributed by atoms with Gasteiger partial charge in [-0.15, -0.1) is 0 Å². The van der Waals surface area contributed by atoms with E-state index in [1.807, 2.05) is 25.3 Å². The average molecular weight is 397 g/mol. The summed E-state index contributed by atoms with van der Waals surface area (Å²) in [6, 6.07) is 10.8. The summed E-state index contributed by atoms with van der Waals surface area (Å²) >= 11 is 0. The Kier molecular flexibility index (Phi) is 6.99. The van der Waals surface area contributed by atoms with Crippen molar-refractivity contribution >= 4 is 23.4 Å². The molecular formula is C21H27N5O3. The van der Waals surface area contributed by atoms with Gasteiger partial charge in [0.15, 0.2) is 0 Å². The SMILES string of the molecule is CC(Cn1cccn1)C(=O)NCC1CCN(C(=O)C(=O)Nc2ccccc2)CC1. The number of carbonyl (C=O) groups excluding carboxylic acids is 3. The Morgan fingerprint density at radius 3 is 2.52 bits per heavy atom. The fraction of sp³-hybridized carbons (Fsp3) is 0.429. The van der Waals surface area contributed by atoms with E-state index in [9.17, 15) is 14.4 Å². The first kappa shape index (κ1) is 20.6. The number of anilines is 1. The van der Waals surface area contributed by atoms with Gasteiger partial charge in [-0.05, 0) is 37.0 Å². The molecule has 154 valence electrons. The third-order valence-corrected chi connectivity index (χ3v) is 5.16. The molecule has 2 N–H and O–H groups in total. The van der Waals surface area contributed by atoms with Crippen molar-refractivity contribution in [3.63, 3.8) is 0 Å². The van der Waals surface area contributed by atoms with Crippen LogP contribution in [0, 0.1) is 11.8 Å². The van der Waals surface area contributed by atoms with E-state index < -0.39 is 11.8 Å². The summed E-state index contributed by atoms with van der Waals surface area (Å²) in [5.74, 6) is -0.990. The Hall–Kier alpha value is -3.16. The van der Waals surface area contributed by atoms with E-state index in [0.717, 1.165) is 12.8 Å². The topological polar surface area (TPSA) is 96.3 Å². The highest BCUT2D eigenvalue weighted by molar-refractivity contribution is 6.39. The van der Waals surface area contributed by atoms with Crippen LogP contribution < -0.4 is 10.6 Å². The number of benzene rings is 1. The molecule has 3 amide bonds. The number of aromatic nitrogens is 2. The van der Waals surface area contributed by atoms with Crippen LogP contribution in [-0.4, -0.2) is 52.0 Å². The maximum Gasteiger partial charge on any atom is 0.313 e. The van der Waals surface area contributed by atoms with Crippen LogP contribution in [0.2, 0.25) is 0 Å². The summed E-state index contributed by atoms with van der Waals surface area (Å²) in [6.45, 7) is 4.04. The van der Waals surface area contributed by atoms with Gasteiger partial charge in [-0.1, -0.05) is 25.1 Å². The van der Waals surface area contributed by atoms with Gasteiger partial charge in [-0.2, -0.15) is 5.10 Å². The van der Waals surface area contributed by atoms with Crippen LogP contribution >= 0.6 is 0 Å². The van der Waals surface area contributed by atoms with Gasteiger partial charge in [0, 0.05) is 37.7 Å². The molecule has 8 nitrogen and oxygen atoms in total. The summed E-state index contributed by atoms with van der Waals surface area (Å²) in [5, 5.41) is 9.75. The normalized spacial score (nSPS) is 15.6. The van der Waals surface area contributed by atoms with Gasteiger partial charge in [0.2, 0.25) is 5.91 Å². The number of hydrogen-bond donors (Lipinski definition) is 2. The van der Waals surface area contributed by atoms with Gasteiger partial charge in [0.25, 0.3) is 0 Å². The minimum Gasteiger partial charge on any atom is -0.356 e. The number of amides is 3. The molecule has 0 aliphatic carbocycles. The third kappa shape index (κ3) is 5.91. The lowest BCUT2D eigenvalue weighted by molar-refractivity contribution is -0.144. The molecule has 1 fully saturated rings. The zero-order valence-corrected chi connectivity index (χ0v) is 16.6. The number of likely N-dealkylation sites (tertiary alicyclic amines) is 1. The number of rotatable bonds is 6. The Bertz CT molecular complexity index is 814. The fourth-order valence-electron chi connectivity index (χ4n) is 3.38. The molecule has 1 atom stereocenters. The lowest BCUT2D eigenvalue weighted by atomic mass is 9.96. The number of nitrogens with zero attached hydrogens (tertiary/aromatic N) is 3. The lowest BCUT2D eigenvalue weighted by Gasteiger charge is -2.31. The number of carbonyl (C=O) groups is 3. The Morgan fingerprint density at radius 2 is 1.86 bits per heavy atom. The van der Waals surface area contributed by atoms with E-state index in [1.54, 1.807) is 40.0 Å². The van der Waals surface area contributed by atoms with Crippen LogP contribution in [0.15, 0.2) is 48.8 Å². The standard InChI is InChI=1S/C21H27N5O3/c1-16(15-26-11-5-10-23-26)19(27)22-14-17-8-12-25(13-9-17)21(29)20(28)24-18-6-3-2-4-7-18/h2-7,10-11,16-17H,8-9,12-15H2,1H3,(H,22,27)(H,24,28). The Morgan fingerprint density at radius 1 is 1.14 bits per heavy atom. The second kappa shape index (κ2) is 9.86. The zero-order chi connectivity index (χ0) is 20.6. The summed E-state index contributed by atoms with van der Waals surface area (Å²) in [7, 11) is 0. The highest BCUT2D eigenvalue weighted by Gasteiger charge is 2.27. The molecule has 3 rings (SSSR count). The van der Waals surface area contributed by atoms with Crippen molar-refractivity contribution < 1.29 is 14.4 Å². The predicted octanol–water partition coefficient (Wildman–Crippen LogP) is 1.51. The van der Waals surface area contributed by atoms with E-state index in [0.29, 0.717) is 37.8 Å². The molecule has 0 spiro atoms. The molecule has 29 heavy (non-hydrogen) atoms. The van der Waals surface area contributed by atoms with Crippen molar-refractivity contribution in [2.24, 2.45) is 11.8 Å². The van der Waals surface area contributed by atoms with Crippen LogP contribution in [0.5, 0.6) is 0 Å².